The Kier molecular flexibility index (Phi) is 3.35. The SMILES string of the molecule is NC(c1ccc(-c2ccccc2)nn1)c1cccs1. The smallest absolute Gasteiger partial charge is 0.0929 e. The average molecular weight is 267 g/mol. The monoisotopic (exact) mass is 267 g/mol. The van der Waals surface area contributed by atoms with E-state index < -0.39 is 0 Å². The molecule has 2 heterocycles. The Hall–Kier alpha value is -2.04. The first-order valence-corrected chi connectivity index (χ1v) is 6.90. The first kappa shape index (κ1) is 12.0. The molecule has 0 saturated heterocycles. The summed E-state index contributed by atoms with van der Waals surface area (Å²) >= 11 is 1.63. The molecule has 3 nitrogen and oxygen atoms in total. The van der Waals surface area contributed by atoms with Gasteiger partial charge in [0, 0.05) is 10.4 Å². The highest BCUT2D eigenvalue weighted by atomic mass is 32.1. The Morgan fingerprint density at radius 3 is 2.37 bits per heavy atom. The molecule has 0 fully saturated rings. The van der Waals surface area contributed by atoms with E-state index in [0.717, 1.165) is 21.8 Å². The average Bonchev–Trinajstić information content (AvgIpc) is 3.02. The number of thiophene rings is 1. The quantitative estimate of drug-likeness (QED) is 0.792. The summed E-state index contributed by atoms with van der Waals surface area (Å²) in [5.74, 6) is 0. The summed E-state index contributed by atoms with van der Waals surface area (Å²) in [4.78, 5) is 1.10. The molecule has 19 heavy (non-hydrogen) atoms. The summed E-state index contributed by atoms with van der Waals surface area (Å²) in [6.07, 6.45) is 0. The van der Waals surface area contributed by atoms with Crippen LogP contribution in [0.4, 0.5) is 0 Å². The van der Waals surface area contributed by atoms with Crippen LogP contribution in [-0.2, 0) is 0 Å². The lowest BCUT2D eigenvalue weighted by molar-refractivity contribution is 0.806. The molecule has 0 bridgehead atoms. The van der Waals surface area contributed by atoms with Crippen molar-refractivity contribution in [2.75, 3.05) is 0 Å². The van der Waals surface area contributed by atoms with Gasteiger partial charge in [-0.1, -0.05) is 36.4 Å². The Morgan fingerprint density at radius 1 is 0.895 bits per heavy atom. The van der Waals surface area contributed by atoms with E-state index in [0.29, 0.717) is 0 Å². The van der Waals surface area contributed by atoms with E-state index in [1.807, 2.05) is 60.0 Å². The van der Waals surface area contributed by atoms with E-state index in [4.69, 9.17) is 5.73 Å². The van der Waals surface area contributed by atoms with Crippen LogP contribution in [0.3, 0.4) is 0 Å². The van der Waals surface area contributed by atoms with Gasteiger partial charge in [-0.15, -0.1) is 11.3 Å². The van der Waals surface area contributed by atoms with E-state index in [1.165, 1.54) is 0 Å². The van der Waals surface area contributed by atoms with Gasteiger partial charge >= 0.3 is 0 Å². The van der Waals surface area contributed by atoms with Gasteiger partial charge in [0.1, 0.15) is 0 Å². The molecule has 0 aliphatic rings. The predicted molar refractivity (Wildman–Crippen MR) is 77.8 cm³/mol. The number of rotatable bonds is 3. The van der Waals surface area contributed by atoms with Crippen molar-refractivity contribution in [1.82, 2.24) is 10.2 Å². The minimum Gasteiger partial charge on any atom is -0.318 e. The largest absolute Gasteiger partial charge is 0.318 e. The van der Waals surface area contributed by atoms with E-state index in [1.54, 1.807) is 11.3 Å². The number of aromatic nitrogens is 2. The van der Waals surface area contributed by atoms with Crippen LogP contribution >= 0.6 is 11.3 Å². The summed E-state index contributed by atoms with van der Waals surface area (Å²) in [5, 5.41) is 10.5. The van der Waals surface area contributed by atoms with Crippen molar-refractivity contribution < 1.29 is 0 Å². The third-order valence-corrected chi connectivity index (χ3v) is 3.88. The molecule has 0 radical (unpaired) electrons. The lowest BCUT2D eigenvalue weighted by atomic mass is 10.1. The van der Waals surface area contributed by atoms with E-state index in [-0.39, 0.29) is 6.04 Å². The van der Waals surface area contributed by atoms with E-state index >= 15 is 0 Å². The highest BCUT2D eigenvalue weighted by molar-refractivity contribution is 7.10. The van der Waals surface area contributed by atoms with Gasteiger partial charge in [-0.25, -0.2) is 0 Å². The molecule has 1 atom stereocenters. The van der Waals surface area contributed by atoms with Gasteiger partial charge in [-0.2, -0.15) is 10.2 Å². The van der Waals surface area contributed by atoms with Gasteiger partial charge in [0.15, 0.2) is 0 Å². The Labute approximate surface area is 115 Å². The van der Waals surface area contributed by atoms with Crippen molar-refractivity contribution in [1.29, 1.82) is 0 Å². The highest BCUT2D eigenvalue weighted by Gasteiger charge is 2.12. The maximum absolute atomic E-state index is 6.16. The summed E-state index contributed by atoms with van der Waals surface area (Å²) in [7, 11) is 0. The number of hydrogen-bond donors (Lipinski definition) is 1. The second kappa shape index (κ2) is 5.30. The van der Waals surface area contributed by atoms with Crippen molar-refractivity contribution in [3.05, 3.63) is 70.5 Å². The first-order chi connectivity index (χ1) is 9.34. The van der Waals surface area contributed by atoms with Gasteiger partial charge in [0.25, 0.3) is 0 Å². The molecular weight excluding hydrogens is 254 g/mol. The molecule has 0 aliphatic heterocycles. The van der Waals surface area contributed by atoms with Crippen LogP contribution in [0.15, 0.2) is 60.0 Å². The van der Waals surface area contributed by atoms with Crippen molar-refractivity contribution in [3.8, 4) is 11.3 Å². The molecule has 1 aromatic carbocycles. The molecule has 4 heteroatoms. The maximum atomic E-state index is 6.16. The van der Waals surface area contributed by atoms with Crippen LogP contribution in [0, 0.1) is 0 Å². The van der Waals surface area contributed by atoms with Crippen LogP contribution in [0.1, 0.15) is 16.6 Å². The Bertz CT molecular complexity index is 633. The fraction of sp³-hybridized carbons (Fsp3) is 0.0667. The van der Waals surface area contributed by atoms with E-state index in [9.17, 15) is 0 Å². The second-order valence-corrected chi connectivity index (χ2v) is 5.18. The zero-order valence-electron chi connectivity index (χ0n) is 10.2. The lowest BCUT2D eigenvalue weighted by Gasteiger charge is -2.08. The van der Waals surface area contributed by atoms with Crippen LogP contribution in [0.2, 0.25) is 0 Å². The summed E-state index contributed by atoms with van der Waals surface area (Å²) in [5.41, 5.74) is 8.88. The summed E-state index contributed by atoms with van der Waals surface area (Å²) in [6, 6.07) is 17.7. The fourth-order valence-corrected chi connectivity index (χ4v) is 2.62. The number of nitrogens with zero attached hydrogens (tertiary/aromatic N) is 2. The lowest BCUT2D eigenvalue weighted by Crippen LogP contribution is -2.12. The molecule has 2 N–H and O–H groups in total. The zero-order chi connectivity index (χ0) is 13.1. The van der Waals surface area contributed by atoms with Gasteiger partial charge in [-0.3, -0.25) is 0 Å². The molecule has 94 valence electrons. The minimum absolute atomic E-state index is 0.197. The third kappa shape index (κ3) is 2.54. The van der Waals surface area contributed by atoms with Crippen LogP contribution in [0.25, 0.3) is 11.3 Å². The fourth-order valence-electron chi connectivity index (χ4n) is 1.89. The third-order valence-electron chi connectivity index (χ3n) is 2.92. The normalized spacial score (nSPS) is 12.3. The molecule has 0 spiro atoms. The Morgan fingerprint density at radius 2 is 1.74 bits per heavy atom. The van der Waals surface area contributed by atoms with E-state index in [2.05, 4.69) is 10.2 Å². The molecule has 0 amide bonds. The molecular formula is C15H13N3S. The Balaban J connectivity index is 1.87. The van der Waals surface area contributed by atoms with Gasteiger partial charge in [0.2, 0.25) is 0 Å². The van der Waals surface area contributed by atoms with Crippen LogP contribution in [0.5, 0.6) is 0 Å². The van der Waals surface area contributed by atoms with Gasteiger partial charge < -0.3 is 5.73 Å². The number of hydrogen-bond acceptors (Lipinski definition) is 4. The first-order valence-electron chi connectivity index (χ1n) is 6.02. The zero-order valence-corrected chi connectivity index (χ0v) is 11.0. The van der Waals surface area contributed by atoms with Crippen molar-refractivity contribution in [3.63, 3.8) is 0 Å². The number of benzene rings is 1. The molecule has 0 aliphatic carbocycles. The standard InChI is InChI=1S/C15H13N3S/c16-15(14-7-4-10-19-14)13-9-8-12(17-18-13)11-5-2-1-3-6-11/h1-10,15H,16H2. The summed E-state index contributed by atoms with van der Waals surface area (Å²) < 4.78 is 0. The second-order valence-electron chi connectivity index (χ2n) is 4.20. The van der Waals surface area contributed by atoms with Crippen molar-refractivity contribution in [2.45, 2.75) is 6.04 Å². The van der Waals surface area contributed by atoms with Crippen molar-refractivity contribution >= 4 is 11.3 Å². The molecule has 1 unspecified atom stereocenters. The molecule has 2 aromatic heterocycles. The summed E-state index contributed by atoms with van der Waals surface area (Å²) in [6.45, 7) is 0. The maximum Gasteiger partial charge on any atom is 0.0929 e. The minimum atomic E-state index is -0.197. The molecule has 0 saturated carbocycles. The van der Waals surface area contributed by atoms with Crippen LogP contribution < -0.4 is 5.73 Å². The molecule has 3 rings (SSSR count). The van der Waals surface area contributed by atoms with Gasteiger partial charge in [0.05, 0.1) is 17.4 Å². The predicted octanol–water partition coefficient (Wildman–Crippen LogP) is 3.25. The highest BCUT2D eigenvalue weighted by Crippen LogP contribution is 2.23. The van der Waals surface area contributed by atoms with Gasteiger partial charge in [-0.05, 0) is 23.6 Å². The topological polar surface area (TPSA) is 51.8 Å². The number of nitrogens with two attached hydrogens (primary N) is 1. The van der Waals surface area contributed by atoms with Crippen LogP contribution in [-0.4, -0.2) is 10.2 Å². The van der Waals surface area contributed by atoms with Crippen molar-refractivity contribution in [2.24, 2.45) is 5.73 Å². The molecule has 3 aromatic rings.